The van der Waals surface area contributed by atoms with Crippen molar-refractivity contribution < 1.29 is 9.90 Å². The van der Waals surface area contributed by atoms with Gasteiger partial charge in [0.15, 0.2) is 0 Å². The van der Waals surface area contributed by atoms with Crippen molar-refractivity contribution >= 4 is 36.4 Å². The maximum Gasteiger partial charge on any atom is 0.239 e. The van der Waals surface area contributed by atoms with E-state index in [1.54, 1.807) is 0 Å². The van der Waals surface area contributed by atoms with Crippen LogP contribution in [0, 0.1) is 5.92 Å². The van der Waals surface area contributed by atoms with Gasteiger partial charge in [-0.15, -0.1) is 24.8 Å². The van der Waals surface area contributed by atoms with Crippen LogP contribution in [-0.2, 0) is 11.2 Å². The molecule has 2 aliphatic heterocycles. The van der Waals surface area contributed by atoms with Crippen LogP contribution >= 0.6 is 24.8 Å². The van der Waals surface area contributed by atoms with Gasteiger partial charge < -0.3 is 20.6 Å². The fourth-order valence-corrected chi connectivity index (χ4v) is 2.97. The van der Waals surface area contributed by atoms with Crippen LogP contribution in [0.25, 0.3) is 0 Å². The predicted octanol–water partition coefficient (Wildman–Crippen LogP) is 0.589. The summed E-state index contributed by atoms with van der Waals surface area (Å²) in [6, 6.07) is 8.24. The van der Waals surface area contributed by atoms with Crippen molar-refractivity contribution in [3.8, 4) is 0 Å². The first-order valence-electron chi connectivity index (χ1n) is 7.22. The lowest BCUT2D eigenvalue weighted by atomic mass is 10.1. The maximum atomic E-state index is 12.0. The van der Waals surface area contributed by atoms with Crippen LogP contribution in [0.1, 0.15) is 5.56 Å². The number of aliphatic hydroxyl groups is 1. The van der Waals surface area contributed by atoms with Crippen LogP contribution in [0.3, 0.4) is 0 Å². The Balaban J connectivity index is 0.00000121. The van der Waals surface area contributed by atoms with E-state index >= 15 is 0 Å². The number of hydrogen-bond donors (Lipinski definition) is 3. The van der Waals surface area contributed by atoms with E-state index < -0.39 is 0 Å². The van der Waals surface area contributed by atoms with Gasteiger partial charge in [-0.1, -0.05) is 18.2 Å². The third-order valence-corrected chi connectivity index (χ3v) is 4.18. The molecule has 0 spiro atoms. The summed E-state index contributed by atoms with van der Waals surface area (Å²) in [5.41, 5.74) is 2.49. The lowest BCUT2D eigenvalue weighted by molar-refractivity contribution is -0.120. The minimum atomic E-state index is -0.345. The molecule has 3 rings (SSSR count). The van der Waals surface area contributed by atoms with Gasteiger partial charge in [0.2, 0.25) is 5.91 Å². The van der Waals surface area contributed by atoms with Crippen LogP contribution in [0.5, 0.6) is 0 Å². The highest BCUT2D eigenvalue weighted by Crippen LogP contribution is 2.26. The van der Waals surface area contributed by atoms with Gasteiger partial charge in [-0.25, -0.2) is 0 Å². The number of para-hydroxylation sites is 1. The van der Waals surface area contributed by atoms with Crippen molar-refractivity contribution in [2.75, 3.05) is 37.6 Å². The Hall–Kier alpha value is -1.01. The van der Waals surface area contributed by atoms with E-state index in [1.807, 2.05) is 12.1 Å². The average molecular weight is 348 g/mol. The smallest absolute Gasteiger partial charge is 0.239 e. The van der Waals surface area contributed by atoms with Crippen LogP contribution in [0.15, 0.2) is 24.3 Å². The first-order valence-corrected chi connectivity index (χ1v) is 7.22. The number of nitrogens with zero attached hydrogens (tertiary/aromatic N) is 1. The summed E-state index contributed by atoms with van der Waals surface area (Å²) in [5.74, 6) is 0.158. The number of halogens is 2. The van der Waals surface area contributed by atoms with Gasteiger partial charge in [0.1, 0.15) is 0 Å². The van der Waals surface area contributed by atoms with Crippen molar-refractivity contribution in [1.82, 2.24) is 10.6 Å². The van der Waals surface area contributed by atoms with E-state index in [4.69, 9.17) is 0 Å². The minimum Gasteiger partial charge on any atom is -0.391 e. The number of nitrogens with one attached hydrogen (secondary N) is 2. The molecule has 0 aliphatic carbocycles. The maximum absolute atomic E-state index is 12.0. The highest BCUT2D eigenvalue weighted by atomic mass is 35.5. The molecule has 0 bridgehead atoms. The number of anilines is 1. The third kappa shape index (κ3) is 4.26. The van der Waals surface area contributed by atoms with Gasteiger partial charge >= 0.3 is 0 Å². The molecule has 7 heteroatoms. The third-order valence-electron chi connectivity index (χ3n) is 4.18. The number of amides is 1. The number of rotatable bonds is 4. The van der Waals surface area contributed by atoms with Gasteiger partial charge in [0, 0.05) is 37.8 Å². The minimum absolute atomic E-state index is 0. The van der Waals surface area contributed by atoms with Crippen LogP contribution in [0.4, 0.5) is 5.69 Å². The zero-order chi connectivity index (χ0) is 13.9. The van der Waals surface area contributed by atoms with Gasteiger partial charge in [0.05, 0.1) is 12.6 Å². The molecular formula is C15H23Cl2N3O2. The molecule has 0 aromatic heterocycles. The zero-order valence-corrected chi connectivity index (χ0v) is 14.0. The van der Waals surface area contributed by atoms with Crippen molar-refractivity contribution in [3.63, 3.8) is 0 Å². The van der Waals surface area contributed by atoms with E-state index in [2.05, 4.69) is 27.7 Å². The standard InChI is InChI=1S/C15H21N3O2.2ClH/c19-14-9-16-7-12(14)8-17-15(20)10-18-6-5-11-3-1-2-4-13(11)18;;/h1-4,12,14,16,19H,5-10H2,(H,17,20);2*1H. The topological polar surface area (TPSA) is 64.6 Å². The van der Waals surface area contributed by atoms with E-state index in [-0.39, 0.29) is 42.7 Å². The molecule has 1 aromatic carbocycles. The molecule has 5 nitrogen and oxygen atoms in total. The molecule has 2 aliphatic rings. The Morgan fingerprint density at radius 3 is 2.82 bits per heavy atom. The van der Waals surface area contributed by atoms with E-state index in [9.17, 15) is 9.90 Å². The van der Waals surface area contributed by atoms with Crippen molar-refractivity contribution in [3.05, 3.63) is 29.8 Å². The van der Waals surface area contributed by atoms with Crippen LogP contribution in [0.2, 0.25) is 0 Å². The molecule has 2 heterocycles. The van der Waals surface area contributed by atoms with Gasteiger partial charge in [0.25, 0.3) is 0 Å². The fourth-order valence-electron chi connectivity index (χ4n) is 2.97. The number of benzene rings is 1. The summed E-state index contributed by atoms with van der Waals surface area (Å²) >= 11 is 0. The fraction of sp³-hybridized carbons (Fsp3) is 0.533. The van der Waals surface area contributed by atoms with E-state index in [0.717, 1.165) is 19.5 Å². The summed E-state index contributed by atoms with van der Waals surface area (Å²) in [7, 11) is 0. The predicted molar refractivity (Wildman–Crippen MR) is 92.2 cm³/mol. The summed E-state index contributed by atoms with van der Waals surface area (Å²) in [5, 5.41) is 15.7. The Morgan fingerprint density at radius 1 is 1.32 bits per heavy atom. The second-order valence-corrected chi connectivity index (χ2v) is 5.59. The highest BCUT2D eigenvalue weighted by Gasteiger charge is 2.26. The lowest BCUT2D eigenvalue weighted by Gasteiger charge is -2.20. The Labute approximate surface area is 143 Å². The molecule has 124 valence electrons. The SMILES string of the molecule is Cl.Cl.O=C(CN1CCc2ccccc21)NCC1CNCC1O. The van der Waals surface area contributed by atoms with Crippen LogP contribution in [-0.4, -0.2) is 49.8 Å². The molecule has 1 fully saturated rings. The Kier molecular flexibility index (Phi) is 7.42. The molecule has 22 heavy (non-hydrogen) atoms. The molecule has 1 amide bonds. The lowest BCUT2D eigenvalue weighted by Crippen LogP contribution is -2.40. The number of β-amino-alcohol motifs (C(OH)–C–C–N with tert-alkyl or cyclic N) is 1. The first-order chi connectivity index (χ1) is 9.74. The second kappa shape index (κ2) is 8.58. The van der Waals surface area contributed by atoms with Crippen molar-refractivity contribution in [2.24, 2.45) is 5.92 Å². The molecule has 0 radical (unpaired) electrons. The first kappa shape index (κ1) is 19.0. The van der Waals surface area contributed by atoms with Gasteiger partial charge in [-0.3, -0.25) is 4.79 Å². The second-order valence-electron chi connectivity index (χ2n) is 5.59. The highest BCUT2D eigenvalue weighted by molar-refractivity contribution is 5.85. The number of aliphatic hydroxyl groups excluding tert-OH is 1. The monoisotopic (exact) mass is 347 g/mol. The molecule has 2 atom stereocenters. The molecule has 0 saturated carbocycles. The number of carbonyl (C=O) groups excluding carboxylic acids is 1. The molecule has 2 unspecified atom stereocenters. The van der Waals surface area contributed by atoms with Gasteiger partial charge in [-0.05, 0) is 18.1 Å². The molecule has 3 N–H and O–H groups in total. The van der Waals surface area contributed by atoms with E-state index in [0.29, 0.717) is 19.6 Å². The molecule has 1 aromatic rings. The summed E-state index contributed by atoms with van der Waals surface area (Å²) in [4.78, 5) is 14.1. The van der Waals surface area contributed by atoms with Crippen molar-refractivity contribution in [2.45, 2.75) is 12.5 Å². The zero-order valence-electron chi connectivity index (χ0n) is 12.3. The molecule has 1 saturated heterocycles. The average Bonchev–Trinajstić information content (AvgIpc) is 3.04. The van der Waals surface area contributed by atoms with Crippen molar-refractivity contribution in [1.29, 1.82) is 0 Å². The largest absolute Gasteiger partial charge is 0.391 e. The molecular weight excluding hydrogens is 325 g/mol. The quantitative estimate of drug-likeness (QED) is 0.745. The normalized spacial score (nSPS) is 22.5. The summed E-state index contributed by atoms with van der Waals surface area (Å²) in [6.45, 7) is 3.24. The number of fused-ring (bicyclic) bond motifs is 1. The Morgan fingerprint density at radius 2 is 2.09 bits per heavy atom. The summed E-state index contributed by atoms with van der Waals surface area (Å²) < 4.78 is 0. The summed E-state index contributed by atoms with van der Waals surface area (Å²) in [6.07, 6.45) is 0.664. The van der Waals surface area contributed by atoms with E-state index in [1.165, 1.54) is 11.3 Å². The van der Waals surface area contributed by atoms with Crippen LogP contribution < -0.4 is 15.5 Å². The van der Waals surface area contributed by atoms with Gasteiger partial charge in [-0.2, -0.15) is 0 Å². The Bertz CT molecular complexity index is 501. The number of carbonyl (C=O) groups is 1. The number of hydrogen-bond acceptors (Lipinski definition) is 4.